The average molecular weight is 241 g/mol. The van der Waals surface area contributed by atoms with Gasteiger partial charge in [0.1, 0.15) is 0 Å². The Balaban J connectivity index is 2.64. The van der Waals surface area contributed by atoms with Crippen molar-refractivity contribution >= 4 is 17.4 Å². The predicted molar refractivity (Wildman–Crippen MR) is 64.7 cm³/mol. The molecule has 0 saturated carbocycles. The summed E-state index contributed by atoms with van der Waals surface area (Å²) in [7, 11) is 0. The zero-order valence-corrected chi connectivity index (χ0v) is 10.2. The lowest BCUT2D eigenvalue weighted by molar-refractivity contribution is -0.387. The fraction of sp³-hybridized carbons (Fsp3) is 0.455. The van der Waals surface area contributed by atoms with E-state index in [0.29, 0.717) is 17.1 Å². The minimum Gasteiger partial charge on any atom is -0.390 e. The van der Waals surface area contributed by atoms with Gasteiger partial charge >= 0.3 is 0 Å². The highest BCUT2D eigenvalue weighted by Gasteiger charge is 2.15. The van der Waals surface area contributed by atoms with E-state index in [1.54, 1.807) is 32.0 Å². The topological polar surface area (TPSA) is 63.4 Å². The van der Waals surface area contributed by atoms with Gasteiger partial charge < -0.3 is 5.11 Å². The smallest absolute Gasteiger partial charge is 0.282 e. The summed E-state index contributed by atoms with van der Waals surface area (Å²) in [6, 6.07) is 6.65. The van der Waals surface area contributed by atoms with Crippen LogP contribution in [0.1, 0.15) is 20.3 Å². The maximum Gasteiger partial charge on any atom is 0.282 e. The summed E-state index contributed by atoms with van der Waals surface area (Å²) in [4.78, 5) is 11.0. The largest absolute Gasteiger partial charge is 0.390 e. The summed E-state index contributed by atoms with van der Waals surface area (Å²) < 4.78 is 0. The molecule has 5 heteroatoms. The molecule has 0 heterocycles. The molecule has 0 aliphatic rings. The molecule has 16 heavy (non-hydrogen) atoms. The van der Waals surface area contributed by atoms with Crippen molar-refractivity contribution in [3.8, 4) is 0 Å². The van der Waals surface area contributed by atoms with Crippen LogP contribution in [0.5, 0.6) is 0 Å². The van der Waals surface area contributed by atoms with Crippen LogP contribution in [0.15, 0.2) is 29.2 Å². The Hall–Kier alpha value is -1.07. The molecular formula is C11H15NO3S. The van der Waals surface area contributed by atoms with Gasteiger partial charge in [-0.1, -0.05) is 12.1 Å². The predicted octanol–water partition coefficient (Wildman–Crippen LogP) is 2.85. The van der Waals surface area contributed by atoms with E-state index in [1.165, 1.54) is 17.8 Å². The molecule has 0 aliphatic heterocycles. The third-order valence-corrected chi connectivity index (χ3v) is 3.10. The number of nitrogens with zero attached hydrogens (tertiary/aromatic N) is 1. The lowest BCUT2D eigenvalue weighted by Gasteiger charge is -2.15. The number of para-hydroxylation sites is 1. The SMILES string of the molecule is CC(C)(O)CCSc1ccccc1[N+](=O)[O-]. The van der Waals surface area contributed by atoms with Crippen LogP contribution in [0.2, 0.25) is 0 Å². The van der Waals surface area contributed by atoms with Crippen LogP contribution < -0.4 is 0 Å². The lowest BCUT2D eigenvalue weighted by atomic mass is 10.1. The maximum atomic E-state index is 10.7. The van der Waals surface area contributed by atoms with Gasteiger partial charge in [-0.05, 0) is 26.3 Å². The number of hydrogen-bond acceptors (Lipinski definition) is 4. The van der Waals surface area contributed by atoms with Gasteiger partial charge in [0.05, 0.1) is 15.4 Å². The summed E-state index contributed by atoms with van der Waals surface area (Å²) in [5.41, 5.74) is -0.598. The van der Waals surface area contributed by atoms with Crippen LogP contribution in [-0.4, -0.2) is 21.4 Å². The van der Waals surface area contributed by atoms with Gasteiger partial charge in [-0.3, -0.25) is 10.1 Å². The number of benzene rings is 1. The molecule has 88 valence electrons. The molecule has 0 atom stereocenters. The van der Waals surface area contributed by atoms with Crippen LogP contribution in [0.25, 0.3) is 0 Å². The normalized spacial score (nSPS) is 11.4. The lowest BCUT2D eigenvalue weighted by Crippen LogP contribution is -2.19. The van der Waals surface area contributed by atoms with E-state index in [0.717, 1.165) is 0 Å². The van der Waals surface area contributed by atoms with E-state index in [4.69, 9.17) is 0 Å². The Morgan fingerprint density at radius 1 is 1.44 bits per heavy atom. The molecule has 1 rings (SSSR count). The van der Waals surface area contributed by atoms with E-state index in [9.17, 15) is 15.2 Å². The Bertz CT molecular complexity index is 374. The summed E-state index contributed by atoms with van der Waals surface area (Å²) in [5.74, 6) is 0.661. The van der Waals surface area contributed by atoms with Crippen molar-refractivity contribution < 1.29 is 10.0 Å². The highest BCUT2D eigenvalue weighted by molar-refractivity contribution is 7.99. The molecule has 1 N–H and O–H groups in total. The Morgan fingerprint density at radius 2 is 2.06 bits per heavy atom. The minimum atomic E-state index is -0.726. The van der Waals surface area contributed by atoms with Gasteiger partial charge in [0.15, 0.2) is 0 Å². The monoisotopic (exact) mass is 241 g/mol. The molecule has 0 amide bonds. The Labute approximate surface area is 98.8 Å². The molecule has 0 spiro atoms. The maximum absolute atomic E-state index is 10.7. The van der Waals surface area contributed by atoms with E-state index in [-0.39, 0.29) is 10.6 Å². The summed E-state index contributed by atoms with van der Waals surface area (Å²) in [6.07, 6.45) is 0.601. The molecule has 1 aromatic rings. The first-order valence-electron chi connectivity index (χ1n) is 4.99. The van der Waals surface area contributed by atoms with Crippen LogP contribution in [-0.2, 0) is 0 Å². The van der Waals surface area contributed by atoms with Crippen molar-refractivity contribution in [3.63, 3.8) is 0 Å². The second kappa shape index (κ2) is 5.32. The first-order valence-corrected chi connectivity index (χ1v) is 5.97. The highest BCUT2D eigenvalue weighted by atomic mass is 32.2. The molecule has 0 fully saturated rings. The Morgan fingerprint density at radius 3 is 2.62 bits per heavy atom. The number of thioether (sulfide) groups is 1. The van der Waals surface area contributed by atoms with Crippen molar-refractivity contribution in [3.05, 3.63) is 34.4 Å². The molecule has 0 aromatic heterocycles. The Kier molecular flexibility index (Phi) is 4.32. The van der Waals surface area contributed by atoms with Crippen molar-refractivity contribution in [2.45, 2.75) is 30.8 Å². The zero-order chi connectivity index (χ0) is 12.2. The van der Waals surface area contributed by atoms with Crippen LogP contribution >= 0.6 is 11.8 Å². The quantitative estimate of drug-likeness (QED) is 0.489. The van der Waals surface area contributed by atoms with Gasteiger partial charge in [-0.25, -0.2) is 0 Å². The van der Waals surface area contributed by atoms with E-state index >= 15 is 0 Å². The first kappa shape index (κ1) is 13.0. The van der Waals surface area contributed by atoms with E-state index < -0.39 is 5.60 Å². The molecular weight excluding hydrogens is 226 g/mol. The van der Waals surface area contributed by atoms with Crippen molar-refractivity contribution in [1.82, 2.24) is 0 Å². The number of nitro benzene ring substituents is 1. The number of aliphatic hydroxyl groups is 1. The molecule has 0 bridgehead atoms. The molecule has 0 unspecified atom stereocenters. The number of rotatable bonds is 5. The average Bonchev–Trinajstić information content (AvgIpc) is 2.16. The van der Waals surface area contributed by atoms with Gasteiger partial charge in [0.25, 0.3) is 5.69 Å². The molecule has 1 aromatic carbocycles. The van der Waals surface area contributed by atoms with Crippen molar-refractivity contribution in [2.24, 2.45) is 0 Å². The van der Waals surface area contributed by atoms with Crippen LogP contribution in [0.4, 0.5) is 5.69 Å². The summed E-state index contributed by atoms with van der Waals surface area (Å²) >= 11 is 1.40. The fourth-order valence-electron chi connectivity index (χ4n) is 1.14. The van der Waals surface area contributed by atoms with Gasteiger partial charge in [0, 0.05) is 11.8 Å². The first-order chi connectivity index (χ1) is 7.40. The van der Waals surface area contributed by atoms with E-state index in [2.05, 4.69) is 0 Å². The second-order valence-corrected chi connectivity index (χ2v) is 5.27. The minimum absolute atomic E-state index is 0.128. The van der Waals surface area contributed by atoms with Crippen molar-refractivity contribution in [1.29, 1.82) is 0 Å². The molecule has 0 radical (unpaired) electrons. The van der Waals surface area contributed by atoms with Crippen LogP contribution in [0, 0.1) is 10.1 Å². The molecule has 0 aliphatic carbocycles. The summed E-state index contributed by atoms with van der Waals surface area (Å²) in [6.45, 7) is 3.46. The fourth-order valence-corrected chi connectivity index (χ4v) is 2.43. The molecule has 0 saturated heterocycles. The van der Waals surface area contributed by atoms with Gasteiger partial charge in [-0.15, -0.1) is 11.8 Å². The van der Waals surface area contributed by atoms with Crippen LogP contribution in [0.3, 0.4) is 0 Å². The summed E-state index contributed by atoms with van der Waals surface area (Å²) in [5, 5.41) is 20.3. The van der Waals surface area contributed by atoms with Gasteiger partial charge in [-0.2, -0.15) is 0 Å². The number of nitro groups is 1. The third kappa shape index (κ3) is 4.20. The van der Waals surface area contributed by atoms with Crippen molar-refractivity contribution in [2.75, 3.05) is 5.75 Å². The van der Waals surface area contributed by atoms with E-state index in [1.807, 2.05) is 0 Å². The third-order valence-electron chi connectivity index (χ3n) is 2.03. The number of hydrogen-bond donors (Lipinski definition) is 1. The second-order valence-electron chi connectivity index (χ2n) is 4.14. The van der Waals surface area contributed by atoms with Gasteiger partial charge in [0.2, 0.25) is 0 Å². The zero-order valence-electron chi connectivity index (χ0n) is 9.34. The highest BCUT2D eigenvalue weighted by Crippen LogP contribution is 2.29. The standard InChI is InChI=1S/C11H15NO3S/c1-11(2,13)7-8-16-10-6-4-3-5-9(10)12(14)15/h3-6,13H,7-8H2,1-2H3. The molecule has 4 nitrogen and oxygen atoms in total.